The lowest BCUT2D eigenvalue weighted by atomic mass is 10.0. The van der Waals surface area contributed by atoms with Crippen molar-refractivity contribution in [2.75, 3.05) is 0 Å². The minimum absolute atomic E-state index is 0.110. The molecule has 2 rings (SSSR count). The molecule has 0 aromatic carbocycles. The summed E-state index contributed by atoms with van der Waals surface area (Å²) < 4.78 is 37.0. The molecule has 0 bridgehead atoms. The van der Waals surface area contributed by atoms with Gasteiger partial charge in [0.1, 0.15) is 12.2 Å². The Bertz CT molecular complexity index is 427. The second kappa shape index (κ2) is 4.25. The number of alkyl halides is 3. The first-order valence-corrected chi connectivity index (χ1v) is 5.53. The fourth-order valence-electron chi connectivity index (χ4n) is 1.98. The minimum Gasteiger partial charge on any atom is -0.307 e. The average molecular weight is 245 g/mol. The van der Waals surface area contributed by atoms with Gasteiger partial charge in [0.25, 0.3) is 0 Å². The average Bonchev–Trinajstić information content (AvgIpc) is 2.60. The predicted octanol–water partition coefficient (Wildman–Crippen LogP) is 2.31. The summed E-state index contributed by atoms with van der Waals surface area (Å²) in [5, 5.41) is 3.09. The van der Waals surface area contributed by atoms with Gasteiger partial charge < -0.3 is 5.32 Å². The van der Waals surface area contributed by atoms with E-state index in [1.807, 2.05) is 13.8 Å². The van der Waals surface area contributed by atoms with Crippen molar-refractivity contribution in [2.45, 2.75) is 45.5 Å². The first kappa shape index (κ1) is 12.3. The number of rotatable bonds is 2. The fraction of sp³-hybridized carbons (Fsp3) is 0.636. The van der Waals surface area contributed by atoms with E-state index < -0.39 is 12.6 Å². The molecule has 2 heterocycles. The largest absolute Gasteiger partial charge is 0.396 e. The smallest absolute Gasteiger partial charge is 0.307 e. The van der Waals surface area contributed by atoms with Gasteiger partial charge in [-0.05, 0) is 5.92 Å². The van der Waals surface area contributed by atoms with Crippen LogP contribution in [0.3, 0.4) is 0 Å². The number of halogens is 3. The van der Waals surface area contributed by atoms with E-state index in [0.717, 1.165) is 11.3 Å². The van der Waals surface area contributed by atoms with Gasteiger partial charge in [-0.2, -0.15) is 13.2 Å². The molecule has 0 saturated carbocycles. The molecule has 0 saturated heterocycles. The Labute approximate surface area is 97.5 Å². The van der Waals surface area contributed by atoms with Crippen LogP contribution < -0.4 is 5.32 Å². The Kier molecular flexibility index (Phi) is 3.07. The number of aromatic nitrogens is 2. The molecule has 1 aromatic heterocycles. The zero-order chi connectivity index (χ0) is 12.6. The van der Waals surface area contributed by atoms with Crippen LogP contribution in [-0.4, -0.2) is 16.1 Å². The molecule has 0 unspecified atom stereocenters. The maximum atomic E-state index is 12.3. The van der Waals surface area contributed by atoms with E-state index in [1.54, 1.807) is 0 Å². The van der Waals surface area contributed by atoms with E-state index in [-0.39, 0.29) is 11.7 Å². The standard InChI is InChI=1S/C11H14F3N3/c1-6(2)10-7-4-15-5-8(7)16-9(17-10)3-11(12,13)14/h6,15H,3-5H2,1-2H3. The molecular weight excluding hydrogens is 231 g/mol. The molecule has 3 nitrogen and oxygen atoms in total. The van der Waals surface area contributed by atoms with Crippen molar-refractivity contribution in [3.05, 3.63) is 22.8 Å². The van der Waals surface area contributed by atoms with Gasteiger partial charge in [0.15, 0.2) is 0 Å². The summed E-state index contributed by atoms with van der Waals surface area (Å²) in [4.78, 5) is 8.05. The second-order valence-corrected chi connectivity index (χ2v) is 4.50. The van der Waals surface area contributed by atoms with Crippen LogP contribution in [0.25, 0.3) is 0 Å². The van der Waals surface area contributed by atoms with Crippen molar-refractivity contribution in [3.63, 3.8) is 0 Å². The number of hydrogen-bond acceptors (Lipinski definition) is 3. The molecule has 0 radical (unpaired) electrons. The Morgan fingerprint density at radius 3 is 2.53 bits per heavy atom. The Balaban J connectivity index is 2.40. The second-order valence-electron chi connectivity index (χ2n) is 4.50. The van der Waals surface area contributed by atoms with Crippen LogP contribution in [0.2, 0.25) is 0 Å². The highest BCUT2D eigenvalue weighted by Crippen LogP contribution is 2.26. The Morgan fingerprint density at radius 2 is 1.94 bits per heavy atom. The monoisotopic (exact) mass is 245 g/mol. The topological polar surface area (TPSA) is 37.8 Å². The van der Waals surface area contributed by atoms with E-state index >= 15 is 0 Å². The van der Waals surface area contributed by atoms with Gasteiger partial charge in [-0.15, -0.1) is 0 Å². The molecule has 0 fully saturated rings. The third-order valence-corrected chi connectivity index (χ3v) is 2.67. The van der Waals surface area contributed by atoms with E-state index in [1.165, 1.54) is 0 Å². The van der Waals surface area contributed by atoms with Crippen LogP contribution in [-0.2, 0) is 19.5 Å². The van der Waals surface area contributed by atoms with Crippen molar-refractivity contribution in [1.82, 2.24) is 15.3 Å². The number of fused-ring (bicyclic) bond motifs is 1. The highest BCUT2D eigenvalue weighted by molar-refractivity contribution is 5.31. The van der Waals surface area contributed by atoms with E-state index in [0.29, 0.717) is 18.8 Å². The Hall–Kier alpha value is -1.17. The Morgan fingerprint density at radius 1 is 1.24 bits per heavy atom. The van der Waals surface area contributed by atoms with Crippen LogP contribution in [0, 0.1) is 0 Å². The number of nitrogens with one attached hydrogen (secondary N) is 1. The van der Waals surface area contributed by atoms with Gasteiger partial charge in [0.2, 0.25) is 0 Å². The number of hydrogen-bond donors (Lipinski definition) is 1. The van der Waals surface area contributed by atoms with E-state index in [9.17, 15) is 13.2 Å². The van der Waals surface area contributed by atoms with E-state index in [2.05, 4.69) is 15.3 Å². The quantitative estimate of drug-likeness (QED) is 0.868. The fourth-order valence-corrected chi connectivity index (χ4v) is 1.98. The summed E-state index contributed by atoms with van der Waals surface area (Å²) in [6, 6.07) is 0. The SMILES string of the molecule is CC(C)c1nc(CC(F)(F)F)nc2c1CNC2. The van der Waals surface area contributed by atoms with Crippen LogP contribution >= 0.6 is 0 Å². The van der Waals surface area contributed by atoms with Gasteiger partial charge >= 0.3 is 6.18 Å². The van der Waals surface area contributed by atoms with Crippen LogP contribution in [0.4, 0.5) is 13.2 Å². The van der Waals surface area contributed by atoms with Crippen molar-refractivity contribution in [1.29, 1.82) is 0 Å². The molecule has 0 aliphatic carbocycles. The summed E-state index contributed by atoms with van der Waals surface area (Å²) in [6.45, 7) is 5.04. The molecule has 0 amide bonds. The van der Waals surface area contributed by atoms with Crippen molar-refractivity contribution >= 4 is 0 Å². The molecular formula is C11H14F3N3. The van der Waals surface area contributed by atoms with Crippen LogP contribution in [0.15, 0.2) is 0 Å². The van der Waals surface area contributed by atoms with Crippen molar-refractivity contribution in [3.8, 4) is 0 Å². The first-order valence-electron chi connectivity index (χ1n) is 5.53. The molecule has 94 valence electrons. The lowest BCUT2D eigenvalue weighted by Gasteiger charge is -2.13. The van der Waals surface area contributed by atoms with Crippen molar-refractivity contribution < 1.29 is 13.2 Å². The number of nitrogens with zero attached hydrogens (tertiary/aromatic N) is 2. The van der Waals surface area contributed by atoms with Gasteiger partial charge in [-0.3, -0.25) is 0 Å². The van der Waals surface area contributed by atoms with E-state index in [4.69, 9.17) is 0 Å². The summed E-state index contributed by atoms with van der Waals surface area (Å²) in [5.41, 5.74) is 2.41. The zero-order valence-corrected chi connectivity index (χ0v) is 9.73. The summed E-state index contributed by atoms with van der Waals surface area (Å²) >= 11 is 0. The third kappa shape index (κ3) is 2.74. The molecule has 0 spiro atoms. The summed E-state index contributed by atoms with van der Waals surface area (Å²) in [7, 11) is 0. The van der Waals surface area contributed by atoms with Crippen LogP contribution in [0.1, 0.15) is 42.5 Å². The van der Waals surface area contributed by atoms with Gasteiger partial charge in [-0.25, -0.2) is 9.97 Å². The third-order valence-electron chi connectivity index (χ3n) is 2.67. The van der Waals surface area contributed by atoms with Crippen LogP contribution in [0.5, 0.6) is 0 Å². The molecule has 6 heteroatoms. The predicted molar refractivity (Wildman–Crippen MR) is 56.4 cm³/mol. The summed E-state index contributed by atoms with van der Waals surface area (Å²) in [5.74, 6) is -0.0118. The molecule has 17 heavy (non-hydrogen) atoms. The highest BCUT2D eigenvalue weighted by atomic mass is 19.4. The molecule has 1 aliphatic heterocycles. The van der Waals surface area contributed by atoms with Gasteiger partial charge in [-0.1, -0.05) is 13.8 Å². The first-order chi connectivity index (χ1) is 7.87. The highest BCUT2D eigenvalue weighted by Gasteiger charge is 2.31. The maximum absolute atomic E-state index is 12.3. The molecule has 1 aromatic rings. The molecule has 1 aliphatic rings. The van der Waals surface area contributed by atoms with Gasteiger partial charge in [0, 0.05) is 18.7 Å². The zero-order valence-electron chi connectivity index (χ0n) is 9.73. The van der Waals surface area contributed by atoms with Crippen molar-refractivity contribution in [2.24, 2.45) is 0 Å². The lowest BCUT2D eigenvalue weighted by molar-refractivity contribution is -0.128. The summed E-state index contributed by atoms with van der Waals surface area (Å²) in [6.07, 6.45) is -5.31. The normalized spacial score (nSPS) is 15.4. The lowest BCUT2D eigenvalue weighted by Crippen LogP contribution is -2.17. The molecule has 1 N–H and O–H groups in total. The van der Waals surface area contributed by atoms with Gasteiger partial charge in [0.05, 0.1) is 11.4 Å². The molecule has 0 atom stereocenters. The maximum Gasteiger partial charge on any atom is 0.396 e. The minimum atomic E-state index is -4.26.